The van der Waals surface area contributed by atoms with E-state index in [2.05, 4.69) is 10.1 Å². The minimum Gasteiger partial charge on any atom is -0.493 e. The maximum absolute atomic E-state index is 13.8. The molecule has 7 nitrogen and oxygen atoms in total. The normalized spacial score (nSPS) is 13.3. The van der Waals surface area contributed by atoms with Crippen LogP contribution in [0.15, 0.2) is 18.2 Å². The van der Waals surface area contributed by atoms with Gasteiger partial charge in [0.2, 0.25) is 0 Å². The molecule has 0 N–H and O–H groups in total. The van der Waals surface area contributed by atoms with Crippen LogP contribution in [0, 0.1) is 19.7 Å². The van der Waals surface area contributed by atoms with Crippen LogP contribution in [-0.2, 0) is 13.1 Å². The fraction of sp³-hybridized carbons (Fsp3) is 0.409. The van der Waals surface area contributed by atoms with Crippen LogP contribution in [0.25, 0.3) is 5.65 Å². The van der Waals surface area contributed by atoms with Crippen molar-refractivity contribution in [1.29, 1.82) is 0 Å². The van der Waals surface area contributed by atoms with Crippen LogP contribution in [0.3, 0.4) is 0 Å². The summed E-state index contributed by atoms with van der Waals surface area (Å²) < 4.78 is 21.3. The van der Waals surface area contributed by atoms with Crippen LogP contribution >= 0.6 is 11.6 Å². The summed E-state index contributed by atoms with van der Waals surface area (Å²) in [7, 11) is 3.95. The molecule has 1 aliphatic heterocycles. The molecule has 164 valence electrons. The van der Waals surface area contributed by atoms with E-state index in [0.717, 1.165) is 35.6 Å². The largest absolute Gasteiger partial charge is 0.493 e. The Morgan fingerprint density at radius 1 is 1.29 bits per heavy atom. The number of fused-ring (bicyclic) bond motifs is 3. The molecule has 0 atom stereocenters. The highest BCUT2D eigenvalue weighted by atomic mass is 35.5. The van der Waals surface area contributed by atoms with Crippen molar-refractivity contribution in [2.45, 2.75) is 33.4 Å². The van der Waals surface area contributed by atoms with Crippen LogP contribution in [0.2, 0.25) is 5.02 Å². The Morgan fingerprint density at radius 2 is 2.06 bits per heavy atom. The number of carbonyl (C=O) groups excluding carboxylic acids is 1. The van der Waals surface area contributed by atoms with E-state index in [-0.39, 0.29) is 11.7 Å². The molecule has 1 aromatic carbocycles. The van der Waals surface area contributed by atoms with E-state index in [4.69, 9.17) is 16.3 Å². The molecule has 9 heteroatoms. The predicted octanol–water partition coefficient (Wildman–Crippen LogP) is 3.63. The van der Waals surface area contributed by atoms with Crippen molar-refractivity contribution in [2.24, 2.45) is 0 Å². The Bertz CT molecular complexity index is 1160. The van der Waals surface area contributed by atoms with Crippen LogP contribution < -0.4 is 4.74 Å². The molecule has 0 spiro atoms. The lowest BCUT2D eigenvalue weighted by Gasteiger charge is -2.19. The number of rotatable bonds is 6. The number of hydrogen-bond donors (Lipinski definition) is 0. The maximum Gasteiger partial charge on any atom is 0.258 e. The van der Waals surface area contributed by atoms with Gasteiger partial charge in [0, 0.05) is 18.2 Å². The second-order valence-electron chi connectivity index (χ2n) is 8.06. The zero-order chi connectivity index (χ0) is 22.3. The van der Waals surface area contributed by atoms with Gasteiger partial charge < -0.3 is 14.5 Å². The molecule has 3 heterocycles. The molecule has 0 fully saturated rings. The van der Waals surface area contributed by atoms with Crippen LogP contribution in [0.5, 0.6) is 5.75 Å². The lowest BCUT2D eigenvalue weighted by Crippen LogP contribution is -2.26. The lowest BCUT2D eigenvalue weighted by atomic mass is 10.1. The van der Waals surface area contributed by atoms with Gasteiger partial charge in [-0.3, -0.25) is 4.79 Å². The Kier molecular flexibility index (Phi) is 5.85. The summed E-state index contributed by atoms with van der Waals surface area (Å²) in [4.78, 5) is 21.6. The summed E-state index contributed by atoms with van der Waals surface area (Å²) in [5.41, 5.74) is 4.31. The molecule has 2 aromatic heterocycles. The first-order chi connectivity index (χ1) is 14.8. The first kappa shape index (κ1) is 21.5. The van der Waals surface area contributed by atoms with Crippen molar-refractivity contribution in [3.63, 3.8) is 0 Å². The summed E-state index contributed by atoms with van der Waals surface area (Å²) in [6, 6.07) is 4.03. The Balaban J connectivity index is 1.56. The van der Waals surface area contributed by atoms with Gasteiger partial charge in [-0.05, 0) is 46.5 Å². The zero-order valence-corrected chi connectivity index (χ0v) is 18.8. The first-order valence-electron chi connectivity index (χ1n) is 10.2. The van der Waals surface area contributed by atoms with E-state index < -0.39 is 5.82 Å². The number of ether oxygens (including phenoxy) is 1. The average Bonchev–Trinajstić information content (AvgIpc) is 3.28. The monoisotopic (exact) mass is 445 g/mol. The number of aryl methyl sites for hydroxylation is 2. The quantitative estimate of drug-likeness (QED) is 0.542. The predicted molar refractivity (Wildman–Crippen MR) is 116 cm³/mol. The fourth-order valence-electron chi connectivity index (χ4n) is 3.78. The average molecular weight is 446 g/mol. The third kappa shape index (κ3) is 4.09. The van der Waals surface area contributed by atoms with E-state index in [1.165, 1.54) is 18.2 Å². The minimum absolute atomic E-state index is 0.221. The highest BCUT2D eigenvalue weighted by Crippen LogP contribution is 2.31. The minimum atomic E-state index is -0.437. The summed E-state index contributed by atoms with van der Waals surface area (Å²) in [6.07, 6.45) is 0.774. The molecule has 1 amide bonds. The van der Waals surface area contributed by atoms with E-state index in [9.17, 15) is 9.18 Å². The Hall–Kier alpha value is -2.71. The summed E-state index contributed by atoms with van der Waals surface area (Å²) >= 11 is 6.30. The van der Waals surface area contributed by atoms with Gasteiger partial charge in [-0.2, -0.15) is 5.10 Å². The fourth-order valence-corrected chi connectivity index (χ4v) is 3.90. The molecule has 3 aromatic rings. The first-order valence-corrected chi connectivity index (χ1v) is 10.5. The van der Waals surface area contributed by atoms with Crippen molar-refractivity contribution in [1.82, 2.24) is 24.4 Å². The number of nitrogens with zero attached hydrogens (tertiary/aromatic N) is 5. The molecule has 0 saturated carbocycles. The van der Waals surface area contributed by atoms with Gasteiger partial charge >= 0.3 is 0 Å². The Morgan fingerprint density at radius 3 is 2.81 bits per heavy atom. The van der Waals surface area contributed by atoms with E-state index >= 15 is 0 Å². The molecule has 4 rings (SSSR count). The molecular formula is C22H25ClFN5O2. The highest BCUT2D eigenvalue weighted by Gasteiger charge is 2.31. The smallest absolute Gasteiger partial charge is 0.258 e. The molecule has 0 saturated heterocycles. The standard InChI is InChI=1S/C22H25ClFN5O2/c1-13-20(23)14(2)29-21(25-13)17-11-28(12-18(17)26-29)22(30)16-7-6-15(24)10-19(16)31-9-5-8-27(3)4/h6-7,10H,5,8-9,11-12H2,1-4H3. The number of amides is 1. The van der Waals surface area contributed by atoms with Gasteiger partial charge in [-0.15, -0.1) is 0 Å². The second-order valence-corrected chi connectivity index (χ2v) is 8.44. The van der Waals surface area contributed by atoms with Crippen LogP contribution in [0.4, 0.5) is 4.39 Å². The molecule has 31 heavy (non-hydrogen) atoms. The zero-order valence-electron chi connectivity index (χ0n) is 18.1. The van der Waals surface area contributed by atoms with Crippen molar-refractivity contribution in [2.75, 3.05) is 27.2 Å². The van der Waals surface area contributed by atoms with Gasteiger partial charge in [-0.25, -0.2) is 13.9 Å². The van der Waals surface area contributed by atoms with E-state index in [0.29, 0.717) is 35.9 Å². The second kappa shape index (κ2) is 8.43. The van der Waals surface area contributed by atoms with E-state index in [1.54, 1.807) is 9.42 Å². The molecule has 0 unspecified atom stereocenters. The van der Waals surface area contributed by atoms with Gasteiger partial charge in [0.1, 0.15) is 11.6 Å². The van der Waals surface area contributed by atoms with Gasteiger partial charge in [0.05, 0.1) is 47.4 Å². The molecule has 0 bridgehead atoms. The number of halogens is 2. The Labute approximate surface area is 185 Å². The summed E-state index contributed by atoms with van der Waals surface area (Å²) in [6.45, 7) is 5.72. The topological polar surface area (TPSA) is 63.0 Å². The SMILES string of the molecule is Cc1nc2c3c(nn2c(C)c1Cl)CN(C(=O)c1ccc(F)cc1OCCCN(C)C)C3. The summed E-state index contributed by atoms with van der Waals surface area (Å²) in [5.74, 6) is -0.395. The van der Waals surface area contributed by atoms with Crippen LogP contribution in [-0.4, -0.2) is 57.6 Å². The highest BCUT2D eigenvalue weighted by molar-refractivity contribution is 6.31. The maximum atomic E-state index is 13.8. The van der Waals surface area contributed by atoms with Crippen molar-refractivity contribution >= 4 is 23.2 Å². The lowest BCUT2D eigenvalue weighted by molar-refractivity contribution is 0.0745. The number of hydrogen-bond acceptors (Lipinski definition) is 5. The number of carbonyl (C=O) groups is 1. The van der Waals surface area contributed by atoms with Crippen molar-refractivity contribution in [3.8, 4) is 5.75 Å². The third-order valence-electron chi connectivity index (χ3n) is 5.42. The molecule has 0 aliphatic carbocycles. The van der Waals surface area contributed by atoms with Crippen molar-refractivity contribution in [3.05, 3.63) is 57.2 Å². The van der Waals surface area contributed by atoms with E-state index in [1.807, 2.05) is 32.8 Å². The molecular weight excluding hydrogens is 421 g/mol. The number of aromatic nitrogens is 3. The summed E-state index contributed by atoms with van der Waals surface area (Å²) in [5, 5.41) is 5.20. The molecule has 1 aliphatic rings. The van der Waals surface area contributed by atoms with Crippen LogP contribution in [0.1, 0.15) is 39.4 Å². The van der Waals surface area contributed by atoms with Gasteiger partial charge in [-0.1, -0.05) is 11.6 Å². The molecule has 0 radical (unpaired) electrons. The number of benzene rings is 1. The third-order valence-corrected chi connectivity index (χ3v) is 5.97. The van der Waals surface area contributed by atoms with Crippen molar-refractivity contribution < 1.29 is 13.9 Å². The van der Waals surface area contributed by atoms with Gasteiger partial charge in [0.15, 0.2) is 5.65 Å². The van der Waals surface area contributed by atoms with Gasteiger partial charge in [0.25, 0.3) is 5.91 Å².